The Morgan fingerprint density at radius 3 is 2.84 bits per heavy atom. The van der Waals surface area contributed by atoms with Crippen LogP contribution in [0.3, 0.4) is 0 Å². The fourth-order valence-electron chi connectivity index (χ4n) is 2.46. The van der Waals surface area contributed by atoms with Crippen molar-refractivity contribution in [1.29, 1.82) is 0 Å². The van der Waals surface area contributed by atoms with Gasteiger partial charge in [-0.1, -0.05) is 18.2 Å². The number of aryl methyl sites for hydroxylation is 2. The molecule has 3 heteroatoms. The summed E-state index contributed by atoms with van der Waals surface area (Å²) in [6, 6.07) is 6.74. The van der Waals surface area contributed by atoms with E-state index in [-0.39, 0.29) is 0 Å². The highest BCUT2D eigenvalue weighted by Crippen LogP contribution is 2.12. The molecule has 3 nitrogen and oxygen atoms in total. The molecular weight excluding hydrogens is 236 g/mol. The first kappa shape index (κ1) is 14.5. The van der Waals surface area contributed by atoms with Crippen LogP contribution in [0.1, 0.15) is 23.1 Å². The quantitative estimate of drug-likeness (QED) is 0.879. The lowest BCUT2D eigenvalue weighted by molar-refractivity contribution is 0.0184. The number of hydrogen-bond acceptors (Lipinski definition) is 3. The Morgan fingerprint density at radius 2 is 2.16 bits per heavy atom. The molecular formula is C16H26N2O. The summed E-state index contributed by atoms with van der Waals surface area (Å²) in [5.41, 5.74) is 4.15. The molecule has 1 aliphatic heterocycles. The molecule has 1 aromatic rings. The van der Waals surface area contributed by atoms with Gasteiger partial charge in [-0.15, -0.1) is 0 Å². The van der Waals surface area contributed by atoms with Gasteiger partial charge in [0.1, 0.15) is 0 Å². The Bertz CT molecular complexity index is 400. The van der Waals surface area contributed by atoms with Gasteiger partial charge in [0, 0.05) is 26.2 Å². The maximum absolute atomic E-state index is 5.72. The third kappa shape index (κ3) is 4.60. The molecule has 1 saturated heterocycles. The number of benzene rings is 1. The van der Waals surface area contributed by atoms with E-state index in [0.29, 0.717) is 6.10 Å². The van der Waals surface area contributed by atoms with Crippen LogP contribution >= 0.6 is 0 Å². The van der Waals surface area contributed by atoms with Crippen LogP contribution in [-0.2, 0) is 11.3 Å². The van der Waals surface area contributed by atoms with Crippen LogP contribution in [0.4, 0.5) is 0 Å². The number of nitrogens with one attached hydrogen (secondary N) is 1. The Labute approximate surface area is 116 Å². The summed E-state index contributed by atoms with van der Waals surface area (Å²) in [6.07, 6.45) is 1.49. The Hall–Kier alpha value is -0.900. The van der Waals surface area contributed by atoms with E-state index in [1.54, 1.807) is 0 Å². The van der Waals surface area contributed by atoms with E-state index in [4.69, 9.17) is 4.74 Å². The third-order valence-corrected chi connectivity index (χ3v) is 3.86. The standard InChI is InChI=1S/C16H26N2O/c1-13-4-5-15(10-14(13)2)12-18(3)8-6-16-11-17-7-9-19-16/h4-5,10,16-17H,6-9,11-12H2,1-3H3. The molecule has 0 spiro atoms. The Morgan fingerprint density at radius 1 is 1.32 bits per heavy atom. The molecule has 0 aliphatic carbocycles. The molecule has 19 heavy (non-hydrogen) atoms. The maximum Gasteiger partial charge on any atom is 0.0712 e. The van der Waals surface area contributed by atoms with Gasteiger partial charge in [-0.05, 0) is 44.0 Å². The predicted molar refractivity (Wildman–Crippen MR) is 79.5 cm³/mol. The molecule has 0 amide bonds. The summed E-state index contributed by atoms with van der Waals surface area (Å²) >= 11 is 0. The average molecular weight is 262 g/mol. The minimum absolute atomic E-state index is 0.385. The number of ether oxygens (including phenoxy) is 1. The number of morpholine rings is 1. The molecule has 2 rings (SSSR count). The first-order valence-corrected chi connectivity index (χ1v) is 7.22. The van der Waals surface area contributed by atoms with Gasteiger partial charge in [0.15, 0.2) is 0 Å². The van der Waals surface area contributed by atoms with E-state index in [1.807, 2.05) is 0 Å². The third-order valence-electron chi connectivity index (χ3n) is 3.86. The molecule has 1 atom stereocenters. The fraction of sp³-hybridized carbons (Fsp3) is 0.625. The van der Waals surface area contributed by atoms with Crippen molar-refractivity contribution in [3.05, 3.63) is 34.9 Å². The second kappa shape index (κ2) is 7.04. The highest BCUT2D eigenvalue weighted by atomic mass is 16.5. The van der Waals surface area contributed by atoms with E-state index in [2.05, 4.69) is 49.3 Å². The summed E-state index contributed by atoms with van der Waals surface area (Å²) in [5, 5.41) is 3.38. The first-order chi connectivity index (χ1) is 9.15. The summed E-state index contributed by atoms with van der Waals surface area (Å²) in [7, 11) is 2.19. The monoisotopic (exact) mass is 262 g/mol. The highest BCUT2D eigenvalue weighted by Gasteiger charge is 2.13. The summed E-state index contributed by atoms with van der Waals surface area (Å²) in [5.74, 6) is 0. The van der Waals surface area contributed by atoms with E-state index in [1.165, 1.54) is 16.7 Å². The van der Waals surface area contributed by atoms with E-state index in [9.17, 15) is 0 Å². The molecule has 0 radical (unpaired) electrons. The summed E-state index contributed by atoms with van der Waals surface area (Å²) in [6.45, 7) is 9.29. The van der Waals surface area contributed by atoms with Crippen LogP contribution in [-0.4, -0.2) is 44.3 Å². The molecule has 0 bridgehead atoms. The lowest BCUT2D eigenvalue weighted by Crippen LogP contribution is -2.40. The van der Waals surface area contributed by atoms with E-state index < -0.39 is 0 Å². The van der Waals surface area contributed by atoms with E-state index >= 15 is 0 Å². The van der Waals surface area contributed by atoms with Crippen LogP contribution < -0.4 is 5.32 Å². The van der Waals surface area contributed by atoms with Crippen LogP contribution in [0.2, 0.25) is 0 Å². The summed E-state index contributed by atoms with van der Waals surface area (Å²) in [4.78, 5) is 2.38. The molecule has 1 unspecified atom stereocenters. The number of hydrogen-bond donors (Lipinski definition) is 1. The Balaban J connectivity index is 1.76. The van der Waals surface area contributed by atoms with Crippen molar-refractivity contribution in [2.45, 2.75) is 32.9 Å². The number of nitrogens with zero attached hydrogens (tertiary/aromatic N) is 1. The van der Waals surface area contributed by atoms with Gasteiger partial charge in [-0.2, -0.15) is 0 Å². The molecule has 1 aliphatic rings. The van der Waals surface area contributed by atoms with Gasteiger partial charge in [-0.25, -0.2) is 0 Å². The molecule has 1 fully saturated rings. The van der Waals surface area contributed by atoms with Crippen molar-refractivity contribution in [2.75, 3.05) is 33.3 Å². The average Bonchev–Trinajstić information content (AvgIpc) is 2.42. The van der Waals surface area contributed by atoms with Gasteiger partial charge in [0.05, 0.1) is 12.7 Å². The lowest BCUT2D eigenvalue weighted by Gasteiger charge is -2.26. The van der Waals surface area contributed by atoms with Gasteiger partial charge in [0.25, 0.3) is 0 Å². The van der Waals surface area contributed by atoms with Crippen molar-refractivity contribution in [1.82, 2.24) is 10.2 Å². The van der Waals surface area contributed by atoms with Crippen LogP contribution in [0.5, 0.6) is 0 Å². The second-order valence-electron chi connectivity index (χ2n) is 5.64. The second-order valence-corrected chi connectivity index (χ2v) is 5.64. The minimum atomic E-state index is 0.385. The van der Waals surface area contributed by atoms with Gasteiger partial charge < -0.3 is 15.0 Å². The SMILES string of the molecule is Cc1ccc(CN(C)CCC2CNCCO2)cc1C. The molecule has 1 N–H and O–H groups in total. The number of rotatable bonds is 5. The first-order valence-electron chi connectivity index (χ1n) is 7.22. The Kier molecular flexibility index (Phi) is 5.37. The topological polar surface area (TPSA) is 24.5 Å². The van der Waals surface area contributed by atoms with Crippen molar-refractivity contribution in [3.8, 4) is 0 Å². The molecule has 106 valence electrons. The van der Waals surface area contributed by atoms with Crippen LogP contribution in [0.25, 0.3) is 0 Å². The smallest absolute Gasteiger partial charge is 0.0712 e. The normalized spacial score (nSPS) is 19.9. The largest absolute Gasteiger partial charge is 0.376 e. The van der Waals surface area contributed by atoms with Gasteiger partial charge >= 0.3 is 0 Å². The molecule has 0 saturated carbocycles. The molecule has 1 heterocycles. The highest BCUT2D eigenvalue weighted by molar-refractivity contribution is 5.29. The minimum Gasteiger partial charge on any atom is -0.376 e. The lowest BCUT2D eigenvalue weighted by atomic mass is 10.1. The molecule has 1 aromatic carbocycles. The van der Waals surface area contributed by atoms with Crippen molar-refractivity contribution in [2.24, 2.45) is 0 Å². The summed E-state index contributed by atoms with van der Waals surface area (Å²) < 4.78 is 5.72. The zero-order valence-electron chi connectivity index (χ0n) is 12.4. The van der Waals surface area contributed by atoms with Crippen molar-refractivity contribution < 1.29 is 4.74 Å². The van der Waals surface area contributed by atoms with Gasteiger partial charge in [0.2, 0.25) is 0 Å². The van der Waals surface area contributed by atoms with E-state index in [0.717, 1.165) is 39.2 Å². The predicted octanol–water partition coefficient (Wildman–Crippen LogP) is 2.11. The van der Waals surface area contributed by atoms with Crippen molar-refractivity contribution in [3.63, 3.8) is 0 Å². The van der Waals surface area contributed by atoms with Crippen LogP contribution in [0, 0.1) is 13.8 Å². The maximum atomic E-state index is 5.72. The zero-order valence-corrected chi connectivity index (χ0v) is 12.4. The van der Waals surface area contributed by atoms with Crippen LogP contribution in [0.15, 0.2) is 18.2 Å². The zero-order chi connectivity index (χ0) is 13.7. The molecule has 0 aromatic heterocycles. The van der Waals surface area contributed by atoms with Crippen molar-refractivity contribution >= 4 is 0 Å². The van der Waals surface area contributed by atoms with Gasteiger partial charge in [-0.3, -0.25) is 0 Å². The fourth-order valence-corrected chi connectivity index (χ4v) is 2.46.